The van der Waals surface area contributed by atoms with Crippen molar-refractivity contribution in [1.29, 1.82) is 0 Å². The largest absolute Gasteiger partial charge is 0.497 e. The number of hydrogen-bond donors (Lipinski definition) is 0. The second kappa shape index (κ2) is 6.20. The average molecular weight is 332 g/mol. The van der Waals surface area contributed by atoms with Gasteiger partial charge >= 0.3 is 0 Å². The molecule has 0 saturated carbocycles. The van der Waals surface area contributed by atoms with Gasteiger partial charge in [0.1, 0.15) is 11.4 Å². The number of ether oxygens (including phenoxy) is 1. The minimum Gasteiger partial charge on any atom is -0.497 e. The monoisotopic (exact) mass is 332 g/mol. The quantitative estimate of drug-likeness (QED) is 0.715. The molecule has 0 aliphatic heterocycles. The van der Waals surface area contributed by atoms with Crippen LogP contribution in [0.4, 0.5) is 0 Å². The number of allylic oxidation sites excluding steroid dienone is 1. The molecule has 0 saturated heterocycles. The van der Waals surface area contributed by atoms with E-state index in [1.165, 1.54) is 0 Å². The highest BCUT2D eigenvalue weighted by molar-refractivity contribution is 5.82. The van der Waals surface area contributed by atoms with E-state index in [1.807, 2.05) is 49.5 Å². The molecule has 0 amide bonds. The molecule has 1 aliphatic rings. The number of benzene rings is 1. The van der Waals surface area contributed by atoms with E-state index in [1.54, 1.807) is 11.5 Å². The highest BCUT2D eigenvalue weighted by Gasteiger charge is 2.20. The normalized spacial score (nSPS) is 15.4. The summed E-state index contributed by atoms with van der Waals surface area (Å²) in [6, 6.07) is 11.8. The highest BCUT2D eigenvalue weighted by atomic mass is 16.5. The van der Waals surface area contributed by atoms with Crippen molar-refractivity contribution in [3.8, 4) is 5.75 Å². The van der Waals surface area contributed by atoms with Crippen LogP contribution in [0.15, 0.2) is 47.4 Å². The molecule has 0 spiro atoms. The van der Waals surface area contributed by atoms with E-state index in [0.29, 0.717) is 5.65 Å². The summed E-state index contributed by atoms with van der Waals surface area (Å²) in [6.07, 6.45) is 6.67. The summed E-state index contributed by atoms with van der Waals surface area (Å²) >= 11 is 0. The van der Waals surface area contributed by atoms with Gasteiger partial charge in [-0.05, 0) is 67.2 Å². The Morgan fingerprint density at radius 3 is 2.92 bits per heavy atom. The van der Waals surface area contributed by atoms with Crippen molar-refractivity contribution >= 4 is 17.3 Å². The Kier molecular flexibility index (Phi) is 3.88. The van der Waals surface area contributed by atoms with Crippen LogP contribution in [0, 0.1) is 6.92 Å². The smallest absolute Gasteiger partial charge is 0.261 e. The Balaban J connectivity index is 1.89. The van der Waals surface area contributed by atoms with Gasteiger partial charge in [0, 0.05) is 11.8 Å². The van der Waals surface area contributed by atoms with Crippen LogP contribution in [-0.4, -0.2) is 16.5 Å². The Morgan fingerprint density at radius 2 is 2.08 bits per heavy atom. The van der Waals surface area contributed by atoms with E-state index in [9.17, 15) is 4.79 Å². The summed E-state index contributed by atoms with van der Waals surface area (Å²) < 4.78 is 6.97. The summed E-state index contributed by atoms with van der Waals surface area (Å²) in [7, 11) is 1.67. The Morgan fingerprint density at radius 1 is 1.20 bits per heavy atom. The molecule has 1 aromatic carbocycles. The van der Waals surface area contributed by atoms with Gasteiger partial charge in [-0.25, -0.2) is 4.98 Å². The minimum atomic E-state index is 0.0555. The molecule has 1 aliphatic carbocycles. The van der Waals surface area contributed by atoms with Crippen LogP contribution in [0.5, 0.6) is 5.75 Å². The Labute approximate surface area is 146 Å². The SMILES string of the molecule is COc1cccc(/C=C2/CCCc3c2nc2ccc(C)cn2c3=O)c1. The van der Waals surface area contributed by atoms with Crippen LogP contribution < -0.4 is 10.3 Å². The number of fused-ring (bicyclic) bond motifs is 2. The molecular formula is C21H20N2O2. The van der Waals surface area contributed by atoms with Gasteiger partial charge in [0.2, 0.25) is 0 Å². The lowest BCUT2D eigenvalue weighted by Crippen LogP contribution is -2.24. The van der Waals surface area contributed by atoms with Gasteiger partial charge in [0.05, 0.1) is 12.8 Å². The third-order valence-corrected chi connectivity index (χ3v) is 4.68. The lowest BCUT2D eigenvalue weighted by atomic mass is 9.90. The molecule has 0 unspecified atom stereocenters. The molecule has 0 fully saturated rings. The number of methoxy groups -OCH3 is 1. The second-order valence-electron chi connectivity index (χ2n) is 6.48. The van der Waals surface area contributed by atoms with Gasteiger partial charge in [-0.3, -0.25) is 9.20 Å². The third-order valence-electron chi connectivity index (χ3n) is 4.68. The maximum absolute atomic E-state index is 12.9. The van der Waals surface area contributed by atoms with E-state index in [2.05, 4.69) is 6.08 Å². The molecule has 0 atom stereocenters. The fourth-order valence-corrected chi connectivity index (χ4v) is 3.42. The third kappa shape index (κ3) is 2.84. The van der Waals surface area contributed by atoms with E-state index >= 15 is 0 Å². The Hall–Kier alpha value is -2.88. The number of rotatable bonds is 2. The van der Waals surface area contributed by atoms with Crippen LogP contribution in [0.2, 0.25) is 0 Å². The van der Waals surface area contributed by atoms with Crippen LogP contribution >= 0.6 is 0 Å². The summed E-state index contributed by atoms with van der Waals surface area (Å²) in [5.41, 5.74) is 5.67. The molecule has 126 valence electrons. The molecule has 0 N–H and O–H groups in total. The number of pyridine rings is 1. The molecule has 4 heteroatoms. The second-order valence-corrected chi connectivity index (χ2v) is 6.48. The number of aromatic nitrogens is 2. The fourth-order valence-electron chi connectivity index (χ4n) is 3.42. The Bertz CT molecular complexity index is 1050. The molecular weight excluding hydrogens is 312 g/mol. The van der Waals surface area contributed by atoms with Gasteiger partial charge in [0.15, 0.2) is 0 Å². The van der Waals surface area contributed by atoms with Gasteiger partial charge < -0.3 is 4.74 Å². The van der Waals surface area contributed by atoms with Crippen LogP contribution in [-0.2, 0) is 6.42 Å². The first-order valence-corrected chi connectivity index (χ1v) is 8.52. The van der Waals surface area contributed by atoms with Gasteiger partial charge in [0.25, 0.3) is 5.56 Å². The first-order chi connectivity index (χ1) is 12.2. The lowest BCUT2D eigenvalue weighted by Gasteiger charge is -2.18. The summed E-state index contributed by atoms with van der Waals surface area (Å²) in [5.74, 6) is 0.826. The molecule has 0 bridgehead atoms. The summed E-state index contributed by atoms with van der Waals surface area (Å²) in [4.78, 5) is 17.7. The van der Waals surface area contributed by atoms with Crippen molar-refractivity contribution < 1.29 is 4.74 Å². The predicted molar refractivity (Wildman–Crippen MR) is 100 cm³/mol. The van der Waals surface area contributed by atoms with E-state index < -0.39 is 0 Å². The van der Waals surface area contributed by atoms with Crippen molar-refractivity contribution in [2.45, 2.75) is 26.2 Å². The van der Waals surface area contributed by atoms with Gasteiger partial charge in [-0.15, -0.1) is 0 Å². The molecule has 0 radical (unpaired) electrons. The van der Waals surface area contributed by atoms with Gasteiger partial charge in [-0.2, -0.15) is 0 Å². The molecule has 3 aromatic rings. The zero-order valence-corrected chi connectivity index (χ0v) is 14.5. The molecule has 4 nitrogen and oxygen atoms in total. The highest BCUT2D eigenvalue weighted by Crippen LogP contribution is 2.30. The first-order valence-electron chi connectivity index (χ1n) is 8.52. The molecule has 2 heterocycles. The molecule has 25 heavy (non-hydrogen) atoms. The summed E-state index contributed by atoms with van der Waals surface area (Å²) in [5, 5.41) is 0. The minimum absolute atomic E-state index is 0.0555. The van der Waals surface area contributed by atoms with E-state index in [4.69, 9.17) is 9.72 Å². The maximum atomic E-state index is 12.9. The maximum Gasteiger partial charge on any atom is 0.261 e. The van der Waals surface area contributed by atoms with E-state index in [0.717, 1.165) is 53.0 Å². The number of aryl methyl sites for hydroxylation is 1. The van der Waals surface area contributed by atoms with Crippen LogP contribution in [0.3, 0.4) is 0 Å². The lowest BCUT2D eigenvalue weighted by molar-refractivity contribution is 0.414. The first kappa shape index (κ1) is 15.6. The van der Waals surface area contributed by atoms with Gasteiger partial charge in [-0.1, -0.05) is 18.2 Å². The van der Waals surface area contributed by atoms with E-state index in [-0.39, 0.29) is 5.56 Å². The zero-order chi connectivity index (χ0) is 17.4. The number of hydrogen-bond acceptors (Lipinski definition) is 3. The molecule has 2 aromatic heterocycles. The fraction of sp³-hybridized carbons (Fsp3) is 0.238. The molecule has 4 rings (SSSR count). The van der Waals surface area contributed by atoms with Crippen molar-refractivity contribution in [1.82, 2.24) is 9.38 Å². The zero-order valence-electron chi connectivity index (χ0n) is 14.5. The van der Waals surface area contributed by atoms with Crippen LogP contribution in [0.25, 0.3) is 17.3 Å². The average Bonchev–Trinajstić information content (AvgIpc) is 2.63. The predicted octanol–water partition coefficient (Wildman–Crippen LogP) is 3.89. The van der Waals surface area contributed by atoms with Crippen molar-refractivity contribution in [2.75, 3.05) is 7.11 Å². The van der Waals surface area contributed by atoms with Crippen molar-refractivity contribution in [3.63, 3.8) is 0 Å². The standard InChI is InChI=1S/C21H20N2O2/c1-14-9-10-19-22-20-16(11-15-5-3-7-17(12-15)25-2)6-4-8-18(20)21(24)23(19)13-14/h3,5,7,9-13H,4,6,8H2,1-2H3/b16-11-. The van der Waals surface area contributed by atoms with Crippen molar-refractivity contribution in [2.24, 2.45) is 0 Å². The van der Waals surface area contributed by atoms with Crippen LogP contribution in [0.1, 0.15) is 35.2 Å². The summed E-state index contributed by atoms with van der Waals surface area (Å²) in [6.45, 7) is 1.99. The number of nitrogens with zero attached hydrogens (tertiary/aromatic N) is 2. The van der Waals surface area contributed by atoms with Crippen molar-refractivity contribution in [3.05, 3.63) is 75.3 Å². The topological polar surface area (TPSA) is 43.6 Å².